The topological polar surface area (TPSA) is 72.4 Å². The molecule has 108 valence electrons. The van der Waals surface area contributed by atoms with Crippen LogP contribution in [0.3, 0.4) is 0 Å². The van der Waals surface area contributed by atoms with Gasteiger partial charge in [-0.2, -0.15) is 0 Å². The normalized spacial score (nSPS) is 15.7. The number of hydrogen-bond acceptors (Lipinski definition) is 3. The van der Waals surface area contributed by atoms with E-state index in [0.717, 1.165) is 24.0 Å². The van der Waals surface area contributed by atoms with Gasteiger partial charge in [0.1, 0.15) is 4.99 Å². The van der Waals surface area contributed by atoms with Gasteiger partial charge in [-0.05, 0) is 24.5 Å². The minimum absolute atomic E-state index is 0.276. The lowest BCUT2D eigenvalue weighted by Crippen LogP contribution is -2.39. The van der Waals surface area contributed by atoms with Crippen molar-refractivity contribution in [2.75, 3.05) is 6.54 Å². The van der Waals surface area contributed by atoms with Crippen LogP contribution in [0.5, 0.6) is 0 Å². The third-order valence-corrected chi connectivity index (χ3v) is 4.03. The van der Waals surface area contributed by atoms with E-state index in [9.17, 15) is 4.79 Å². The smallest absolute Gasteiger partial charge is 0.231 e. The monoisotopic (exact) mass is 291 g/mol. The van der Waals surface area contributed by atoms with Crippen molar-refractivity contribution < 1.29 is 4.79 Å². The van der Waals surface area contributed by atoms with Gasteiger partial charge in [0.05, 0.1) is 6.54 Å². The summed E-state index contributed by atoms with van der Waals surface area (Å²) in [7, 11) is 0. The summed E-state index contributed by atoms with van der Waals surface area (Å²) < 4.78 is 0. The molecule has 1 aromatic carbocycles. The van der Waals surface area contributed by atoms with Gasteiger partial charge in [-0.1, -0.05) is 43.3 Å². The Morgan fingerprint density at radius 3 is 2.60 bits per heavy atom. The number of benzene rings is 1. The van der Waals surface area contributed by atoms with Crippen molar-refractivity contribution in [1.82, 2.24) is 4.90 Å². The van der Waals surface area contributed by atoms with Gasteiger partial charge in [0.25, 0.3) is 0 Å². The number of nitrogens with two attached hydrogens (primary N) is 2. The summed E-state index contributed by atoms with van der Waals surface area (Å²) in [6, 6.07) is 8.33. The fourth-order valence-electron chi connectivity index (χ4n) is 2.84. The van der Waals surface area contributed by atoms with Crippen molar-refractivity contribution in [3.63, 3.8) is 0 Å². The molecule has 0 aromatic heterocycles. The Morgan fingerprint density at radius 2 is 2.00 bits per heavy atom. The summed E-state index contributed by atoms with van der Waals surface area (Å²) in [5.41, 5.74) is 13.0. The molecule has 0 spiro atoms. The largest absolute Gasteiger partial charge is 0.389 e. The highest BCUT2D eigenvalue weighted by molar-refractivity contribution is 7.80. The Kier molecular flexibility index (Phi) is 5.09. The maximum Gasteiger partial charge on any atom is 0.231 e. The summed E-state index contributed by atoms with van der Waals surface area (Å²) >= 11 is 5.00. The standard InChI is InChI=1S/C15H21N3OS/c16-14(19)10-18(13-6-1-2-7-13)9-11-4-3-5-12(8-11)15(17)20/h3-5,8,13H,1-2,6-7,9-10H2,(H2,16,19)(H2,17,20). The zero-order valence-corrected chi connectivity index (χ0v) is 12.4. The van der Waals surface area contributed by atoms with Gasteiger partial charge >= 0.3 is 0 Å². The van der Waals surface area contributed by atoms with E-state index in [1.807, 2.05) is 24.3 Å². The first-order valence-corrected chi connectivity index (χ1v) is 7.38. The molecular weight excluding hydrogens is 270 g/mol. The average molecular weight is 291 g/mol. The molecule has 0 unspecified atom stereocenters. The minimum Gasteiger partial charge on any atom is -0.389 e. The van der Waals surface area contributed by atoms with Crippen LogP contribution in [-0.2, 0) is 11.3 Å². The predicted molar refractivity (Wildman–Crippen MR) is 84.2 cm³/mol. The highest BCUT2D eigenvalue weighted by atomic mass is 32.1. The third kappa shape index (κ3) is 4.02. The van der Waals surface area contributed by atoms with Gasteiger partial charge in [0.2, 0.25) is 5.91 Å². The van der Waals surface area contributed by atoms with Crippen molar-refractivity contribution in [2.45, 2.75) is 38.3 Å². The molecule has 1 aliphatic rings. The Hall–Kier alpha value is -1.46. The van der Waals surface area contributed by atoms with E-state index < -0.39 is 0 Å². The molecule has 0 radical (unpaired) electrons. The number of rotatable bonds is 6. The molecule has 20 heavy (non-hydrogen) atoms. The molecule has 4 N–H and O–H groups in total. The van der Waals surface area contributed by atoms with Crippen LogP contribution in [0.15, 0.2) is 24.3 Å². The van der Waals surface area contributed by atoms with E-state index in [1.165, 1.54) is 12.8 Å². The summed E-state index contributed by atoms with van der Waals surface area (Å²) in [6.45, 7) is 1.02. The van der Waals surface area contributed by atoms with Gasteiger partial charge < -0.3 is 11.5 Å². The second-order valence-corrected chi connectivity index (χ2v) is 5.81. The number of primary amides is 1. The molecule has 4 nitrogen and oxygen atoms in total. The average Bonchev–Trinajstić information content (AvgIpc) is 2.91. The fraction of sp³-hybridized carbons (Fsp3) is 0.467. The van der Waals surface area contributed by atoms with Crippen LogP contribution in [-0.4, -0.2) is 28.4 Å². The highest BCUT2D eigenvalue weighted by Gasteiger charge is 2.23. The van der Waals surface area contributed by atoms with Gasteiger partial charge in [0.15, 0.2) is 0 Å². The first-order chi connectivity index (χ1) is 9.56. The van der Waals surface area contributed by atoms with Crippen molar-refractivity contribution in [3.8, 4) is 0 Å². The molecule has 0 heterocycles. The molecule has 1 saturated carbocycles. The second-order valence-electron chi connectivity index (χ2n) is 5.37. The number of amides is 1. The van der Waals surface area contributed by atoms with Crippen LogP contribution < -0.4 is 11.5 Å². The lowest BCUT2D eigenvalue weighted by Gasteiger charge is -2.27. The Balaban J connectivity index is 2.11. The summed E-state index contributed by atoms with van der Waals surface area (Å²) in [5, 5.41) is 0. The Labute approximate surface area is 125 Å². The van der Waals surface area contributed by atoms with Gasteiger partial charge in [-0.3, -0.25) is 9.69 Å². The van der Waals surface area contributed by atoms with Crippen LogP contribution in [0.2, 0.25) is 0 Å². The summed E-state index contributed by atoms with van der Waals surface area (Å²) in [6.07, 6.45) is 4.74. The molecule has 0 saturated heterocycles. The quantitative estimate of drug-likeness (QED) is 0.780. The molecule has 1 fully saturated rings. The van der Waals surface area contributed by atoms with Crippen LogP contribution in [0.4, 0.5) is 0 Å². The minimum atomic E-state index is -0.276. The van der Waals surface area contributed by atoms with Gasteiger partial charge in [-0.15, -0.1) is 0 Å². The van der Waals surface area contributed by atoms with Crippen molar-refractivity contribution in [3.05, 3.63) is 35.4 Å². The maximum atomic E-state index is 11.3. The van der Waals surface area contributed by atoms with E-state index in [4.69, 9.17) is 23.7 Å². The van der Waals surface area contributed by atoms with Crippen LogP contribution in [0.25, 0.3) is 0 Å². The Morgan fingerprint density at radius 1 is 1.30 bits per heavy atom. The first kappa shape index (κ1) is 14.9. The second kappa shape index (κ2) is 6.81. The van der Waals surface area contributed by atoms with Crippen molar-refractivity contribution in [2.24, 2.45) is 11.5 Å². The van der Waals surface area contributed by atoms with Gasteiger partial charge in [0, 0.05) is 18.2 Å². The van der Waals surface area contributed by atoms with E-state index in [2.05, 4.69) is 4.90 Å². The van der Waals surface area contributed by atoms with Crippen molar-refractivity contribution >= 4 is 23.1 Å². The zero-order valence-electron chi connectivity index (χ0n) is 11.5. The first-order valence-electron chi connectivity index (χ1n) is 6.97. The van der Waals surface area contributed by atoms with Crippen LogP contribution in [0, 0.1) is 0 Å². The molecular formula is C15H21N3OS. The fourth-order valence-corrected chi connectivity index (χ4v) is 2.97. The van der Waals surface area contributed by atoms with Crippen LogP contribution in [0.1, 0.15) is 36.8 Å². The summed E-state index contributed by atoms with van der Waals surface area (Å²) in [5.74, 6) is -0.276. The Bertz CT molecular complexity index is 498. The SMILES string of the molecule is NC(=O)CN(Cc1cccc(C(N)=S)c1)C1CCCC1. The zero-order chi connectivity index (χ0) is 14.5. The lowest BCUT2D eigenvalue weighted by molar-refractivity contribution is -0.119. The number of hydrogen-bond donors (Lipinski definition) is 2. The maximum absolute atomic E-state index is 11.3. The molecule has 1 aromatic rings. The predicted octanol–water partition coefficient (Wildman–Crippen LogP) is 1.55. The van der Waals surface area contributed by atoms with Crippen molar-refractivity contribution in [1.29, 1.82) is 0 Å². The van der Waals surface area contributed by atoms with E-state index in [-0.39, 0.29) is 5.91 Å². The molecule has 0 aliphatic heterocycles. The van der Waals surface area contributed by atoms with E-state index in [0.29, 0.717) is 24.1 Å². The van der Waals surface area contributed by atoms with E-state index in [1.54, 1.807) is 0 Å². The number of thiocarbonyl (C=S) groups is 1. The van der Waals surface area contributed by atoms with Crippen LogP contribution >= 0.6 is 12.2 Å². The molecule has 0 atom stereocenters. The molecule has 0 bridgehead atoms. The molecule has 1 amide bonds. The third-order valence-electron chi connectivity index (χ3n) is 3.80. The number of nitrogens with zero attached hydrogens (tertiary/aromatic N) is 1. The van der Waals surface area contributed by atoms with E-state index >= 15 is 0 Å². The number of carbonyl (C=O) groups excluding carboxylic acids is 1. The summed E-state index contributed by atoms with van der Waals surface area (Å²) in [4.78, 5) is 13.8. The van der Waals surface area contributed by atoms with Gasteiger partial charge in [-0.25, -0.2) is 0 Å². The number of carbonyl (C=O) groups is 1. The lowest BCUT2D eigenvalue weighted by atomic mass is 10.1. The molecule has 5 heteroatoms. The highest BCUT2D eigenvalue weighted by Crippen LogP contribution is 2.24. The molecule has 1 aliphatic carbocycles. The molecule has 2 rings (SSSR count).